The van der Waals surface area contributed by atoms with E-state index in [1.54, 1.807) is 0 Å². The van der Waals surface area contributed by atoms with Crippen LogP contribution in [0.3, 0.4) is 0 Å². The Kier molecular flexibility index (Phi) is 3.28. The minimum atomic E-state index is 0.353. The highest BCUT2D eigenvalue weighted by atomic mass is 15.6. The number of fused-ring (bicyclic) bond motifs is 2. The smallest absolute Gasteiger partial charge is 0.140 e. The molecule has 3 saturated heterocycles. The summed E-state index contributed by atoms with van der Waals surface area (Å²) < 4.78 is 1.39. The summed E-state index contributed by atoms with van der Waals surface area (Å²) in [7, 11) is 0. The third-order valence-corrected chi connectivity index (χ3v) is 5.75. The zero-order valence-electron chi connectivity index (χ0n) is 14.4. The molecule has 3 heteroatoms. The fourth-order valence-corrected chi connectivity index (χ4v) is 4.64. The SMILES string of the molecule is CC(C)(C)N1CC2CC(C1)C[N+]1(C2)CN(C(C)(C)C)C1. The Morgan fingerprint density at radius 3 is 1.60 bits per heavy atom. The molecule has 3 nitrogen and oxygen atoms in total. The van der Waals surface area contributed by atoms with Crippen LogP contribution in [0.5, 0.6) is 0 Å². The van der Waals surface area contributed by atoms with E-state index < -0.39 is 0 Å². The van der Waals surface area contributed by atoms with Crippen molar-refractivity contribution < 1.29 is 4.48 Å². The summed E-state index contributed by atoms with van der Waals surface area (Å²) in [5.41, 5.74) is 0.707. The van der Waals surface area contributed by atoms with Gasteiger partial charge >= 0.3 is 0 Å². The van der Waals surface area contributed by atoms with Gasteiger partial charge in [0, 0.05) is 36.0 Å². The molecule has 0 aromatic rings. The maximum absolute atomic E-state index is 2.74. The van der Waals surface area contributed by atoms with Crippen molar-refractivity contribution in [2.45, 2.75) is 59.0 Å². The first-order valence-corrected chi connectivity index (χ1v) is 8.43. The molecule has 3 aliphatic heterocycles. The van der Waals surface area contributed by atoms with Crippen LogP contribution < -0.4 is 0 Å². The standard InChI is InChI=1S/C17H34N3/c1-16(2,3)18-8-14-7-15(9-18)11-20(10-14)12-19(13-20)17(4,5)6/h14-15H,7-13H2,1-6H3/q+1. The molecule has 3 fully saturated rings. The summed E-state index contributed by atoms with van der Waals surface area (Å²) in [5, 5.41) is 0. The van der Waals surface area contributed by atoms with Crippen LogP contribution in [0.15, 0.2) is 0 Å². The quantitative estimate of drug-likeness (QED) is 0.629. The fraction of sp³-hybridized carbons (Fsp3) is 1.00. The summed E-state index contributed by atoms with van der Waals surface area (Å²) in [4.78, 5) is 5.40. The van der Waals surface area contributed by atoms with Crippen molar-refractivity contribution in [2.75, 3.05) is 39.5 Å². The van der Waals surface area contributed by atoms with E-state index in [-0.39, 0.29) is 0 Å². The van der Waals surface area contributed by atoms with E-state index >= 15 is 0 Å². The maximum atomic E-state index is 2.74. The van der Waals surface area contributed by atoms with E-state index in [0.717, 1.165) is 11.8 Å². The normalized spacial score (nSPS) is 35.1. The molecule has 1 spiro atoms. The first-order chi connectivity index (χ1) is 9.07. The molecule has 3 aliphatic rings. The summed E-state index contributed by atoms with van der Waals surface area (Å²) in [6, 6.07) is 0. The number of likely N-dealkylation sites (tertiary alicyclic amines) is 1. The predicted molar refractivity (Wildman–Crippen MR) is 84.2 cm³/mol. The predicted octanol–water partition coefficient (Wildman–Crippen LogP) is 2.58. The van der Waals surface area contributed by atoms with Gasteiger partial charge in [-0.3, -0.25) is 9.38 Å². The molecule has 0 amide bonds. The molecule has 0 saturated carbocycles. The Hall–Kier alpha value is -0.120. The lowest BCUT2D eigenvalue weighted by atomic mass is 9.80. The Balaban J connectivity index is 1.64. The van der Waals surface area contributed by atoms with Gasteiger partial charge in [0.2, 0.25) is 0 Å². The molecule has 3 heterocycles. The van der Waals surface area contributed by atoms with E-state index in [2.05, 4.69) is 51.3 Å². The summed E-state index contributed by atoms with van der Waals surface area (Å²) in [5.74, 6) is 1.87. The second-order valence-corrected chi connectivity index (χ2v) is 9.74. The van der Waals surface area contributed by atoms with E-state index in [9.17, 15) is 0 Å². The van der Waals surface area contributed by atoms with Gasteiger partial charge in [-0.15, -0.1) is 0 Å². The number of rotatable bonds is 0. The van der Waals surface area contributed by atoms with Gasteiger partial charge in [-0.1, -0.05) is 0 Å². The van der Waals surface area contributed by atoms with Crippen molar-refractivity contribution in [3.05, 3.63) is 0 Å². The molecule has 0 aromatic carbocycles. The van der Waals surface area contributed by atoms with Crippen LogP contribution in [0.4, 0.5) is 0 Å². The van der Waals surface area contributed by atoms with Gasteiger partial charge in [0.25, 0.3) is 0 Å². The minimum Gasteiger partial charge on any atom is -0.298 e. The van der Waals surface area contributed by atoms with Crippen molar-refractivity contribution in [3.63, 3.8) is 0 Å². The average molecular weight is 280 g/mol. The zero-order valence-corrected chi connectivity index (χ0v) is 14.4. The van der Waals surface area contributed by atoms with Gasteiger partial charge in [-0.25, -0.2) is 4.90 Å². The molecule has 2 unspecified atom stereocenters. The number of piperidine rings is 2. The molecular formula is C17H34N3+. The highest BCUT2D eigenvalue weighted by Crippen LogP contribution is 2.40. The molecule has 116 valence electrons. The van der Waals surface area contributed by atoms with Crippen LogP contribution in [-0.2, 0) is 0 Å². The third-order valence-electron chi connectivity index (χ3n) is 5.75. The number of quaternary nitrogens is 1. The number of hydrogen-bond donors (Lipinski definition) is 0. The number of hydrogen-bond acceptors (Lipinski definition) is 2. The van der Waals surface area contributed by atoms with E-state index in [0.29, 0.717) is 11.1 Å². The molecule has 0 aliphatic carbocycles. The highest BCUT2D eigenvalue weighted by Gasteiger charge is 2.53. The van der Waals surface area contributed by atoms with Crippen LogP contribution in [0, 0.1) is 11.8 Å². The van der Waals surface area contributed by atoms with Crippen molar-refractivity contribution in [2.24, 2.45) is 11.8 Å². The van der Waals surface area contributed by atoms with Gasteiger partial charge in [-0.2, -0.15) is 0 Å². The van der Waals surface area contributed by atoms with Gasteiger partial charge in [0.05, 0.1) is 13.1 Å². The summed E-state index contributed by atoms with van der Waals surface area (Å²) >= 11 is 0. The fourth-order valence-electron chi connectivity index (χ4n) is 4.64. The van der Waals surface area contributed by atoms with Gasteiger partial charge in [-0.05, 0) is 48.0 Å². The van der Waals surface area contributed by atoms with Crippen LogP contribution in [0.1, 0.15) is 48.0 Å². The van der Waals surface area contributed by atoms with Crippen molar-refractivity contribution in [1.82, 2.24) is 9.80 Å². The molecule has 20 heavy (non-hydrogen) atoms. The zero-order chi connectivity index (χ0) is 14.8. The van der Waals surface area contributed by atoms with Gasteiger partial charge < -0.3 is 0 Å². The maximum Gasteiger partial charge on any atom is 0.140 e. The largest absolute Gasteiger partial charge is 0.298 e. The monoisotopic (exact) mass is 280 g/mol. The molecule has 0 N–H and O–H groups in total. The highest BCUT2D eigenvalue weighted by molar-refractivity contribution is 4.90. The van der Waals surface area contributed by atoms with Crippen LogP contribution in [0.2, 0.25) is 0 Å². The van der Waals surface area contributed by atoms with E-state index in [1.807, 2.05) is 0 Å². The van der Waals surface area contributed by atoms with Crippen LogP contribution in [0.25, 0.3) is 0 Å². The first-order valence-electron chi connectivity index (χ1n) is 8.43. The minimum absolute atomic E-state index is 0.353. The van der Waals surface area contributed by atoms with Gasteiger partial charge in [0.1, 0.15) is 13.3 Å². The lowest BCUT2D eigenvalue weighted by Crippen LogP contribution is -2.77. The second-order valence-electron chi connectivity index (χ2n) is 9.74. The Bertz CT molecular complexity index is 355. The summed E-state index contributed by atoms with van der Waals surface area (Å²) in [6.07, 6.45) is 1.49. The molecule has 0 radical (unpaired) electrons. The second kappa shape index (κ2) is 4.44. The van der Waals surface area contributed by atoms with Crippen molar-refractivity contribution in [3.8, 4) is 0 Å². The van der Waals surface area contributed by atoms with Crippen LogP contribution in [-0.4, -0.2) is 64.9 Å². The molecular weight excluding hydrogens is 246 g/mol. The first kappa shape index (κ1) is 14.8. The average Bonchev–Trinajstić information content (AvgIpc) is 2.21. The van der Waals surface area contributed by atoms with Gasteiger partial charge in [0.15, 0.2) is 0 Å². The molecule has 0 aromatic heterocycles. The van der Waals surface area contributed by atoms with Crippen molar-refractivity contribution in [1.29, 1.82) is 0 Å². The molecule has 2 bridgehead atoms. The Labute approximate surface area is 125 Å². The Morgan fingerprint density at radius 2 is 1.20 bits per heavy atom. The lowest BCUT2D eigenvalue weighted by Gasteiger charge is -2.62. The van der Waals surface area contributed by atoms with E-state index in [4.69, 9.17) is 0 Å². The van der Waals surface area contributed by atoms with Crippen molar-refractivity contribution >= 4 is 0 Å². The lowest BCUT2D eigenvalue weighted by molar-refractivity contribution is -1.01. The van der Waals surface area contributed by atoms with E-state index in [1.165, 1.54) is 50.4 Å². The Morgan fingerprint density at radius 1 is 0.750 bits per heavy atom. The molecule has 2 atom stereocenters. The summed E-state index contributed by atoms with van der Waals surface area (Å²) in [6.45, 7) is 22.3. The molecule has 3 rings (SSSR count). The number of nitrogens with zero attached hydrogens (tertiary/aromatic N) is 3. The topological polar surface area (TPSA) is 6.48 Å². The van der Waals surface area contributed by atoms with Crippen LogP contribution >= 0.6 is 0 Å². The third kappa shape index (κ3) is 2.65.